The van der Waals surface area contributed by atoms with Gasteiger partial charge in [0.05, 0.1) is 0 Å². The van der Waals surface area contributed by atoms with Gasteiger partial charge in [-0.05, 0) is 44.9 Å². The van der Waals surface area contributed by atoms with E-state index in [0.29, 0.717) is 18.1 Å². The number of benzene rings is 1. The molecule has 1 saturated carbocycles. The van der Waals surface area contributed by atoms with E-state index in [1.54, 1.807) is 0 Å². The molecule has 1 aromatic carbocycles. The highest BCUT2D eigenvalue weighted by molar-refractivity contribution is 6.31. The maximum absolute atomic E-state index is 6.25. The normalized spacial score (nSPS) is 26.4. The van der Waals surface area contributed by atoms with Crippen molar-refractivity contribution in [3.63, 3.8) is 0 Å². The smallest absolute Gasteiger partial charge is 0.0453 e. The van der Waals surface area contributed by atoms with Crippen LogP contribution in [0.3, 0.4) is 0 Å². The molecule has 2 N–H and O–H groups in total. The zero-order valence-electron chi connectivity index (χ0n) is 10.6. The van der Waals surface area contributed by atoms with E-state index in [9.17, 15) is 0 Å². The van der Waals surface area contributed by atoms with Crippen LogP contribution in [0.5, 0.6) is 0 Å². The minimum Gasteiger partial charge on any atom is -0.328 e. The van der Waals surface area contributed by atoms with Gasteiger partial charge in [-0.2, -0.15) is 0 Å². The topological polar surface area (TPSA) is 29.3 Å². The summed E-state index contributed by atoms with van der Waals surface area (Å²) in [4.78, 5) is 2.41. The second kappa shape index (κ2) is 5.38. The van der Waals surface area contributed by atoms with Gasteiger partial charge in [0.25, 0.3) is 0 Å². The lowest BCUT2D eigenvalue weighted by Gasteiger charge is -2.31. The number of nitrogens with two attached hydrogens (primary N) is 1. The first-order valence-corrected chi connectivity index (χ1v) is 6.69. The number of rotatable bonds is 3. The molecular weight excluding hydrogens is 232 g/mol. The molecule has 0 radical (unpaired) electrons. The van der Waals surface area contributed by atoms with Crippen molar-refractivity contribution in [1.82, 2.24) is 4.90 Å². The molecule has 17 heavy (non-hydrogen) atoms. The Balaban J connectivity index is 2.09. The van der Waals surface area contributed by atoms with E-state index in [2.05, 4.69) is 24.9 Å². The first kappa shape index (κ1) is 12.9. The molecule has 3 unspecified atom stereocenters. The van der Waals surface area contributed by atoms with Crippen molar-refractivity contribution in [1.29, 1.82) is 0 Å². The van der Waals surface area contributed by atoms with Crippen molar-refractivity contribution in [2.75, 3.05) is 7.05 Å². The van der Waals surface area contributed by atoms with E-state index in [4.69, 9.17) is 17.3 Å². The van der Waals surface area contributed by atoms with Gasteiger partial charge < -0.3 is 5.73 Å². The average Bonchev–Trinajstić information content (AvgIpc) is 2.75. The summed E-state index contributed by atoms with van der Waals surface area (Å²) in [7, 11) is 2.18. The van der Waals surface area contributed by atoms with E-state index in [1.165, 1.54) is 12.0 Å². The van der Waals surface area contributed by atoms with Gasteiger partial charge >= 0.3 is 0 Å². The Morgan fingerprint density at radius 2 is 2.06 bits per heavy atom. The van der Waals surface area contributed by atoms with Crippen LogP contribution in [0, 0.1) is 0 Å². The van der Waals surface area contributed by atoms with Crippen LogP contribution in [0.15, 0.2) is 24.3 Å². The Morgan fingerprint density at radius 3 is 2.65 bits per heavy atom. The molecule has 1 aromatic rings. The van der Waals surface area contributed by atoms with Gasteiger partial charge in [-0.15, -0.1) is 0 Å². The molecule has 0 spiro atoms. The van der Waals surface area contributed by atoms with Crippen molar-refractivity contribution in [2.24, 2.45) is 5.73 Å². The summed E-state index contributed by atoms with van der Waals surface area (Å²) >= 11 is 6.25. The first-order valence-electron chi connectivity index (χ1n) is 6.31. The monoisotopic (exact) mass is 252 g/mol. The fourth-order valence-electron chi connectivity index (χ4n) is 2.71. The molecule has 0 aliphatic heterocycles. The first-order chi connectivity index (χ1) is 8.09. The summed E-state index contributed by atoms with van der Waals surface area (Å²) in [6.07, 6.45) is 3.45. The minimum absolute atomic E-state index is 0.346. The van der Waals surface area contributed by atoms with Gasteiger partial charge in [-0.3, -0.25) is 4.90 Å². The van der Waals surface area contributed by atoms with Crippen LogP contribution in [0.4, 0.5) is 0 Å². The van der Waals surface area contributed by atoms with Crippen molar-refractivity contribution < 1.29 is 0 Å². The van der Waals surface area contributed by atoms with Crippen LogP contribution in [-0.2, 0) is 0 Å². The number of hydrogen-bond acceptors (Lipinski definition) is 2. The van der Waals surface area contributed by atoms with Gasteiger partial charge in [0.2, 0.25) is 0 Å². The Labute approximate surface area is 109 Å². The second-order valence-corrected chi connectivity index (χ2v) is 5.50. The molecule has 0 heterocycles. The summed E-state index contributed by atoms with van der Waals surface area (Å²) in [5.41, 5.74) is 7.18. The van der Waals surface area contributed by atoms with Crippen LogP contribution in [0.25, 0.3) is 0 Å². The van der Waals surface area contributed by atoms with Crippen LogP contribution in [0.2, 0.25) is 5.02 Å². The number of halogens is 1. The lowest BCUT2D eigenvalue weighted by molar-refractivity contribution is 0.186. The van der Waals surface area contributed by atoms with Gasteiger partial charge in [-0.1, -0.05) is 29.8 Å². The Bertz CT molecular complexity index is 380. The molecule has 0 bridgehead atoms. The Morgan fingerprint density at radius 1 is 1.35 bits per heavy atom. The quantitative estimate of drug-likeness (QED) is 0.895. The highest BCUT2D eigenvalue weighted by Crippen LogP contribution is 2.31. The fourth-order valence-corrected chi connectivity index (χ4v) is 3.00. The maximum Gasteiger partial charge on any atom is 0.0453 e. The third-order valence-corrected chi connectivity index (χ3v) is 4.33. The predicted molar refractivity (Wildman–Crippen MR) is 73.2 cm³/mol. The molecular formula is C14H21ClN2. The summed E-state index contributed by atoms with van der Waals surface area (Å²) in [6.45, 7) is 2.21. The summed E-state index contributed by atoms with van der Waals surface area (Å²) in [5.74, 6) is 0. The van der Waals surface area contributed by atoms with Crippen LogP contribution < -0.4 is 5.73 Å². The minimum atomic E-state index is 0.346. The standard InChI is InChI=1S/C14H21ClN2/c1-10(13-5-3-4-6-14(13)15)17(2)12-8-7-11(16)9-12/h3-6,10-12H,7-9,16H2,1-2H3. The molecule has 2 nitrogen and oxygen atoms in total. The molecule has 0 amide bonds. The van der Waals surface area contributed by atoms with Crippen LogP contribution in [0.1, 0.15) is 37.8 Å². The second-order valence-electron chi connectivity index (χ2n) is 5.09. The zero-order chi connectivity index (χ0) is 12.4. The Hall–Kier alpha value is -0.570. The highest BCUT2D eigenvalue weighted by Gasteiger charge is 2.28. The van der Waals surface area contributed by atoms with Crippen LogP contribution in [-0.4, -0.2) is 24.0 Å². The summed E-state index contributed by atoms with van der Waals surface area (Å²) < 4.78 is 0. The summed E-state index contributed by atoms with van der Waals surface area (Å²) in [6, 6.07) is 9.41. The van der Waals surface area contributed by atoms with E-state index >= 15 is 0 Å². The summed E-state index contributed by atoms with van der Waals surface area (Å²) in [5, 5.41) is 0.856. The lowest BCUT2D eigenvalue weighted by Crippen LogP contribution is -2.33. The maximum atomic E-state index is 6.25. The molecule has 0 aromatic heterocycles. The van der Waals surface area contributed by atoms with E-state index in [-0.39, 0.29) is 0 Å². The largest absolute Gasteiger partial charge is 0.328 e. The number of hydrogen-bond donors (Lipinski definition) is 1. The third kappa shape index (κ3) is 2.82. The molecule has 0 saturated heterocycles. The lowest BCUT2D eigenvalue weighted by atomic mass is 10.0. The van der Waals surface area contributed by atoms with Gasteiger partial charge in [0.1, 0.15) is 0 Å². The molecule has 3 atom stereocenters. The van der Waals surface area contributed by atoms with Crippen molar-refractivity contribution in [3.05, 3.63) is 34.9 Å². The third-order valence-electron chi connectivity index (χ3n) is 3.99. The van der Waals surface area contributed by atoms with Gasteiger partial charge in [0.15, 0.2) is 0 Å². The fraction of sp³-hybridized carbons (Fsp3) is 0.571. The van der Waals surface area contributed by atoms with Crippen molar-refractivity contribution in [3.8, 4) is 0 Å². The van der Waals surface area contributed by atoms with Crippen molar-refractivity contribution in [2.45, 2.75) is 44.3 Å². The molecule has 2 rings (SSSR count). The van der Waals surface area contributed by atoms with Gasteiger partial charge in [-0.25, -0.2) is 0 Å². The molecule has 1 aliphatic carbocycles. The average molecular weight is 253 g/mol. The molecule has 94 valence electrons. The van der Waals surface area contributed by atoms with Gasteiger partial charge in [0, 0.05) is 23.1 Å². The van der Waals surface area contributed by atoms with E-state index < -0.39 is 0 Å². The molecule has 1 aliphatic rings. The predicted octanol–water partition coefficient (Wildman–Crippen LogP) is 3.21. The molecule has 1 fully saturated rings. The van der Waals surface area contributed by atoms with E-state index in [1.807, 2.05) is 18.2 Å². The van der Waals surface area contributed by atoms with E-state index in [0.717, 1.165) is 17.9 Å². The zero-order valence-corrected chi connectivity index (χ0v) is 11.3. The molecule has 3 heteroatoms. The van der Waals surface area contributed by atoms with Crippen molar-refractivity contribution >= 4 is 11.6 Å². The SMILES string of the molecule is CC(c1ccccc1Cl)N(C)C1CCC(N)C1. The van der Waals surface area contributed by atoms with Crippen LogP contribution >= 0.6 is 11.6 Å². The Kier molecular flexibility index (Phi) is 4.08. The number of nitrogens with zero attached hydrogens (tertiary/aromatic N) is 1. The highest BCUT2D eigenvalue weighted by atomic mass is 35.5.